The summed E-state index contributed by atoms with van der Waals surface area (Å²) in [6.45, 7) is 4.24. The van der Waals surface area contributed by atoms with Gasteiger partial charge in [-0.1, -0.05) is 0 Å². The topological polar surface area (TPSA) is 74.1 Å². The molecule has 0 spiro atoms. The zero-order valence-corrected chi connectivity index (χ0v) is 14.2. The first-order valence-electron chi connectivity index (χ1n) is 8.61. The lowest BCUT2D eigenvalue weighted by Crippen LogP contribution is -2.14. The molecule has 1 N–H and O–H groups in total. The van der Waals surface area contributed by atoms with Gasteiger partial charge < -0.3 is 19.4 Å². The monoisotopic (exact) mass is 339 g/mol. The average molecular weight is 339 g/mol. The van der Waals surface area contributed by atoms with E-state index in [-0.39, 0.29) is 6.10 Å². The Morgan fingerprint density at radius 3 is 2.88 bits per heavy atom. The molecule has 130 valence electrons. The van der Waals surface area contributed by atoms with Crippen LogP contribution in [-0.4, -0.2) is 38.8 Å². The predicted molar refractivity (Wildman–Crippen MR) is 95.2 cm³/mol. The van der Waals surface area contributed by atoms with Crippen molar-refractivity contribution in [3.63, 3.8) is 0 Å². The van der Waals surface area contributed by atoms with Crippen molar-refractivity contribution in [3.8, 4) is 5.75 Å². The maximum atomic E-state index is 5.71. The summed E-state index contributed by atoms with van der Waals surface area (Å²) in [5.41, 5.74) is 2.51. The normalized spacial score (nSPS) is 17.1. The van der Waals surface area contributed by atoms with Gasteiger partial charge in [-0.2, -0.15) is 0 Å². The number of hydrogen-bond acceptors (Lipinski definition) is 6. The van der Waals surface area contributed by atoms with Gasteiger partial charge in [-0.3, -0.25) is 0 Å². The Bertz CT molecular complexity index is 840. The second-order valence-electron chi connectivity index (χ2n) is 6.01. The van der Waals surface area contributed by atoms with Crippen molar-refractivity contribution < 1.29 is 9.47 Å². The van der Waals surface area contributed by atoms with Gasteiger partial charge in [0, 0.05) is 12.3 Å². The summed E-state index contributed by atoms with van der Waals surface area (Å²) in [7, 11) is 0. The molecule has 0 saturated carbocycles. The van der Waals surface area contributed by atoms with Crippen LogP contribution in [0.5, 0.6) is 5.75 Å². The van der Waals surface area contributed by atoms with Gasteiger partial charge in [-0.25, -0.2) is 15.0 Å². The van der Waals surface area contributed by atoms with E-state index in [0.29, 0.717) is 12.4 Å². The standard InChI is InChI=1S/C18H21N5O2/c1-2-24-14-7-5-13(6-8-14)22-17-16-18(20-11-19-17)23(12-21-16)10-15-4-3-9-25-15/h5-8,11-12,15H,2-4,9-10H2,1H3,(H,19,20,22). The molecule has 1 aromatic carbocycles. The third-order valence-corrected chi connectivity index (χ3v) is 4.25. The Morgan fingerprint density at radius 2 is 2.12 bits per heavy atom. The van der Waals surface area contributed by atoms with E-state index in [9.17, 15) is 0 Å². The molecule has 3 aromatic rings. The second kappa shape index (κ2) is 7.06. The van der Waals surface area contributed by atoms with Gasteiger partial charge in [0.25, 0.3) is 0 Å². The van der Waals surface area contributed by atoms with Crippen LogP contribution in [0.2, 0.25) is 0 Å². The van der Waals surface area contributed by atoms with Crippen molar-refractivity contribution in [1.82, 2.24) is 19.5 Å². The third kappa shape index (κ3) is 3.41. The predicted octanol–water partition coefficient (Wildman–Crippen LogP) is 3.15. The molecule has 7 heteroatoms. The SMILES string of the molecule is CCOc1ccc(Nc2ncnc3c2ncn3CC2CCCO2)cc1. The second-order valence-corrected chi connectivity index (χ2v) is 6.01. The number of anilines is 2. The van der Waals surface area contributed by atoms with Crippen LogP contribution in [0.3, 0.4) is 0 Å². The first-order valence-corrected chi connectivity index (χ1v) is 8.61. The van der Waals surface area contributed by atoms with E-state index in [1.807, 2.05) is 42.1 Å². The molecular formula is C18H21N5O2. The smallest absolute Gasteiger partial charge is 0.165 e. The highest BCUT2D eigenvalue weighted by molar-refractivity contribution is 5.85. The van der Waals surface area contributed by atoms with E-state index in [4.69, 9.17) is 9.47 Å². The Morgan fingerprint density at radius 1 is 1.24 bits per heavy atom. The Kier molecular flexibility index (Phi) is 4.47. The Labute approximate surface area is 146 Å². The van der Waals surface area contributed by atoms with Crippen molar-refractivity contribution in [3.05, 3.63) is 36.9 Å². The van der Waals surface area contributed by atoms with Crippen LogP contribution in [0, 0.1) is 0 Å². The zero-order valence-electron chi connectivity index (χ0n) is 14.2. The number of rotatable bonds is 6. The molecule has 3 heterocycles. The summed E-state index contributed by atoms with van der Waals surface area (Å²) >= 11 is 0. The third-order valence-electron chi connectivity index (χ3n) is 4.25. The molecule has 0 radical (unpaired) electrons. The summed E-state index contributed by atoms with van der Waals surface area (Å²) < 4.78 is 13.2. The van der Waals surface area contributed by atoms with Crippen LogP contribution in [0.4, 0.5) is 11.5 Å². The Balaban J connectivity index is 1.56. The van der Waals surface area contributed by atoms with Gasteiger partial charge in [-0.05, 0) is 44.0 Å². The van der Waals surface area contributed by atoms with E-state index in [2.05, 4.69) is 20.3 Å². The van der Waals surface area contributed by atoms with E-state index in [1.165, 1.54) is 0 Å². The number of ether oxygens (including phenoxy) is 2. The minimum Gasteiger partial charge on any atom is -0.494 e. The van der Waals surface area contributed by atoms with Gasteiger partial charge >= 0.3 is 0 Å². The Hall–Kier alpha value is -2.67. The molecule has 1 atom stereocenters. The number of nitrogens with zero attached hydrogens (tertiary/aromatic N) is 4. The minimum atomic E-state index is 0.245. The van der Waals surface area contributed by atoms with Gasteiger partial charge in [0.1, 0.15) is 12.1 Å². The molecule has 0 bridgehead atoms. The van der Waals surface area contributed by atoms with Gasteiger partial charge in [0.2, 0.25) is 0 Å². The summed E-state index contributed by atoms with van der Waals surface area (Å²) in [5.74, 6) is 1.54. The van der Waals surface area contributed by atoms with Crippen LogP contribution < -0.4 is 10.1 Å². The molecule has 1 saturated heterocycles. The van der Waals surface area contributed by atoms with E-state index >= 15 is 0 Å². The van der Waals surface area contributed by atoms with Crippen molar-refractivity contribution in [2.45, 2.75) is 32.4 Å². The van der Waals surface area contributed by atoms with Crippen LogP contribution in [0.25, 0.3) is 11.2 Å². The fraction of sp³-hybridized carbons (Fsp3) is 0.389. The number of benzene rings is 1. The maximum absolute atomic E-state index is 5.71. The number of nitrogens with one attached hydrogen (secondary N) is 1. The highest BCUT2D eigenvalue weighted by Crippen LogP contribution is 2.24. The van der Waals surface area contributed by atoms with Crippen molar-refractivity contribution in [2.75, 3.05) is 18.5 Å². The van der Waals surface area contributed by atoms with Crippen LogP contribution >= 0.6 is 0 Å². The average Bonchev–Trinajstić information content (AvgIpc) is 3.28. The van der Waals surface area contributed by atoms with Crippen molar-refractivity contribution >= 4 is 22.7 Å². The maximum Gasteiger partial charge on any atom is 0.165 e. The highest BCUT2D eigenvalue weighted by Gasteiger charge is 2.18. The molecule has 1 aliphatic rings. The summed E-state index contributed by atoms with van der Waals surface area (Å²) in [6.07, 6.45) is 5.82. The number of imidazole rings is 1. The number of aromatic nitrogens is 4. The molecule has 0 aliphatic carbocycles. The molecule has 2 aromatic heterocycles. The van der Waals surface area contributed by atoms with Gasteiger partial charge in [-0.15, -0.1) is 0 Å². The first kappa shape index (κ1) is 15.8. The largest absolute Gasteiger partial charge is 0.494 e. The summed E-state index contributed by atoms with van der Waals surface area (Å²) in [4.78, 5) is 13.2. The molecule has 1 aliphatic heterocycles. The summed E-state index contributed by atoms with van der Waals surface area (Å²) in [5, 5.41) is 3.31. The molecular weight excluding hydrogens is 318 g/mol. The van der Waals surface area contributed by atoms with Crippen molar-refractivity contribution in [1.29, 1.82) is 0 Å². The van der Waals surface area contributed by atoms with Crippen LogP contribution in [0.15, 0.2) is 36.9 Å². The number of fused-ring (bicyclic) bond motifs is 1. The molecule has 1 fully saturated rings. The molecule has 1 unspecified atom stereocenters. The fourth-order valence-corrected chi connectivity index (χ4v) is 3.05. The van der Waals surface area contributed by atoms with E-state index in [0.717, 1.165) is 48.6 Å². The molecule has 7 nitrogen and oxygen atoms in total. The first-order chi connectivity index (χ1) is 12.3. The van der Waals surface area contributed by atoms with Gasteiger partial charge in [0.05, 0.1) is 25.6 Å². The lowest BCUT2D eigenvalue weighted by molar-refractivity contribution is 0.0978. The fourth-order valence-electron chi connectivity index (χ4n) is 3.05. The zero-order chi connectivity index (χ0) is 17.1. The van der Waals surface area contributed by atoms with Crippen LogP contribution in [0.1, 0.15) is 19.8 Å². The molecule has 0 amide bonds. The highest BCUT2D eigenvalue weighted by atomic mass is 16.5. The number of hydrogen-bond donors (Lipinski definition) is 1. The van der Waals surface area contributed by atoms with Gasteiger partial charge in [0.15, 0.2) is 17.0 Å². The lowest BCUT2D eigenvalue weighted by atomic mass is 10.2. The molecule has 25 heavy (non-hydrogen) atoms. The lowest BCUT2D eigenvalue weighted by Gasteiger charge is -2.11. The van der Waals surface area contributed by atoms with E-state index in [1.54, 1.807) is 6.33 Å². The van der Waals surface area contributed by atoms with Crippen LogP contribution in [-0.2, 0) is 11.3 Å². The minimum absolute atomic E-state index is 0.245. The summed E-state index contributed by atoms with van der Waals surface area (Å²) in [6, 6.07) is 7.78. The van der Waals surface area contributed by atoms with E-state index < -0.39 is 0 Å². The molecule has 4 rings (SSSR count). The quantitative estimate of drug-likeness (QED) is 0.744. The van der Waals surface area contributed by atoms with Crippen molar-refractivity contribution in [2.24, 2.45) is 0 Å².